The predicted octanol–water partition coefficient (Wildman–Crippen LogP) is 2.76. The van der Waals surface area contributed by atoms with Crippen molar-refractivity contribution in [1.29, 1.82) is 0 Å². The van der Waals surface area contributed by atoms with Crippen LogP contribution in [-0.4, -0.2) is 17.9 Å². The molecule has 0 saturated carbocycles. The van der Waals surface area contributed by atoms with Crippen LogP contribution in [0.1, 0.15) is 30.9 Å². The van der Waals surface area contributed by atoms with Crippen LogP contribution in [0.2, 0.25) is 0 Å². The maximum Gasteiger partial charge on any atom is 0.310 e. The molecule has 0 spiro atoms. The van der Waals surface area contributed by atoms with Gasteiger partial charge in [-0.3, -0.25) is 9.59 Å². The predicted molar refractivity (Wildman–Crippen MR) is 72.2 cm³/mol. The molecule has 0 bridgehead atoms. The largest absolute Gasteiger partial charge is 0.457 e. The lowest BCUT2D eigenvalue weighted by Gasteiger charge is -2.23. The van der Waals surface area contributed by atoms with Gasteiger partial charge in [-0.05, 0) is 23.6 Å². The number of rotatable bonds is 1. The summed E-state index contributed by atoms with van der Waals surface area (Å²) in [4.78, 5) is 23.2. The molecule has 2 aliphatic rings. The number of hydrogen-bond acceptors (Lipinski definition) is 3. The average molecular weight is 254 g/mol. The number of esters is 1. The topological polar surface area (TPSA) is 43.4 Å². The van der Waals surface area contributed by atoms with Crippen molar-refractivity contribution in [3.05, 3.63) is 47.5 Å². The van der Waals surface area contributed by atoms with E-state index in [4.69, 9.17) is 4.74 Å². The van der Waals surface area contributed by atoms with Crippen LogP contribution in [0.4, 0.5) is 0 Å². The summed E-state index contributed by atoms with van der Waals surface area (Å²) in [6.45, 7) is 1.57. The molecule has 1 heterocycles. The van der Waals surface area contributed by atoms with Crippen molar-refractivity contribution in [2.24, 2.45) is 0 Å². The first-order valence-corrected chi connectivity index (χ1v) is 6.37. The number of hydrogen-bond donors (Lipinski definition) is 0. The van der Waals surface area contributed by atoms with Gasteiger partial charge in [0.15, 0.2) is 5.78 Å². The van der Waals surface area contributed by atoms with Crippen molar-refractivity contribution in [1.82, 2.24) is 0 Å². The number of Topliss-reactive ketones (excluding diaryl/α,β-unsaturated/α-hetero) is 1. The molecule has 19 heavy (non-hydrogen) atoms. The molecule has 3 nitrogen and oxygen atoms in total. The molecule has 1 atom stereocenters. The lowest BCUT2D eigenvalue weighted by Crippen LogP contribution is -2.22. The van der Waals surface area contributed by atoms with Crippen LogP contribution in [0, 0.1) is 0 Å². The second-order valence-corrected chi connectivity index (χ2v) is 4.80. The molecule has 3 heteroatoms. The third-order valence-corrected chi connectivity index (χ3v) is 3.55. The van der Waals surface area contributed by atoms with Crippen molar-refractivity contribution in [3.8, 4) is 0 Å². The number of carbonyl (C=O) groups is 2. The molecule has 3 rings (SSSR count). The number of allylic oxidation sites excluding steroid dienone is 1. The summed E-state index contributed by atoms with van der Waals surface area (Å²) in [5, 5.41) is 0. The smallest absolute Gasteiger partial charge is 0.310 e. The quantitative estimate of drug-likeness (QED) is 0.724. The summed E-state index contributed by atoms with van der Waals surface area (Å²) < 4.78 is 5.39. The van der Waals surface area contributed by atoms with Crippen LogP contribution in [0.15, 0.2) is 36.4 Å². The normalized spacial score (nSPS) is 21.3. The SMILES string of the molecule is CC(=O)C1=CCC2OC(=O)CC=C2c2ccccc21. The average Bonchev–Trinajstić information content (AvgIpc) is 2.55. The van der Waals surface area contributed by atoms with Crippen LogP contribution < -0.4 is 0 Å². The van der Waals surface area contributed by atoms with E-state index in [2.05, 4.69) is 0 Å². The molecule has 96 valence electrons. The Kier molecular flexibility index (Phi) is 2.82. The molecular formula is C16H14O3. The minimum absolute atomic E-state index is 0.0398. The van der Waals surface area contributed by atoms with Gasteiger partial charge >= 0.3 is 5.97 Å². The van der Waals surface area contributed by atoms with E-state index in [0.717, 1.165) is 16.7 Å². The maximum absolute atomic E-state index is 11.8. The van der Waals surface area contributed by atoms with E-state index in [9.17, 15) is 9.59 Å². The highest BCUT2D eigenvalue weighted by Crippen LogP contribution is 2.36. The van der Waals surface area contributed by atoms with E-state index in [1.54, 1.807) is 6.92 Å². The fourth-order valence-corrected chi connectivity index (χ4v) is 2.69. The van der Waals surface area contributed by atoms with Crippen molar-refractivity contribution < 1.29 is 14.3 Å². The van der Waals surface area contributed by atoms with Crippen LogP contribution in [0.25, 0.3) is 11.1 Å². The number of ketones is 1. The van der Waals surface area contributed by atoms with Gasteiger partial charge in [0, 0.05) is 12.0 Å². The van der Waals surface area contributed by atoms with E-state index < -0.39 is 0 Å². The van der Waals surface area contributed by atoms with E-state index in [-0.39, 0.29) is 17.9 Å². The maximum atomic E-state index is 11.8. The van der Waals surface area contributed by atoms with Gasteiger partial charge in [0.1, 0.15) is 6.10 Å². The van der Waals surface area contributed by atoms with Crippen LogP contribution in [0.5, 0.6) is 0 Å². The fraction of sp³-hybridized carbons (Fsp3) is 0.250. The molecule has 0 N–H and O–H groups in total. The fourth-order valence-electron chi connectivity index (χ4n) is 2.69. The zero-order valence-corrected chi connectivity index (χ0v) is 10.7. The first kappa shape index (κ1) is 11.9. The van der Waals surface area contributed by atoms with Gasteiger partial charge in [0.05, 0.1) is 6.42 Å². The molecule has 0 radical (unpaired) electrons. The van der Waals surface area contributed by atoms with Crippen molar-refractivity contribution in [2.75, 3.05) is 0 Å². The highest BCUT2D eigenvalue weighted by Gasteiger charge is 2.29. The van der Waals surface area contributed by atoms with E-state index in [0.29, 0.717) is 18.4 Å². The summed E-state index contributed by atoms with van der Waals surface area (Å²) in [6, 6.07) is 7.79. The standard InChI is InChI=1S/C16H14O3/c1-10(17)11-6-8-15-14(7-9-16(18)19-15)13-5-3-2-4-12(11)13/h2-7,15H,8-9H2,1H3. The first-order valence-electron chi connectivity index (χ1n) is 6.37. The molecule has 0 saturated heterocycles. The molecule has 0 amide bonds. The van der Waals surface area contributed by atoms with Crippen LogP contribution in [0.3, 0.4) is 0 Å². The third-order valence-electron chi connectivity index (χ3n) is 3.55. The highest BCUT2D eigenvalue weighted by atomic mass is 16.5. The van der Waals surface area contributed by atoms with Gasteiger partial charge < -0.3 is 4.74 Å². The Morgan fingerprint density at radius 3 is 2.68 bits per heavy atom. The van der Waals surface area contributed by atoms with Gasteiger partial charge in [-0.2, -0.15) is 0 Å². The Labute approximate surface area is 111 Å². The molecule has 1 aromatic rings. The summed E-state index contributed by atoms with van der Waals surface area (Å²) in [5.41, 5.74) is 3.66. The molecular weight excluding hydrogens is 240 g/mol. The van der Waals surface area contributed by atoms with Gasteiger partial charge in [0.2, 0.25) is 0 Å². The summed E-state index contributed by atoms with van der Waals surface area (Å²) in [7, 11) is 0. The summed E-state index contributed by atoms with van der Waals surface area (Å²) in [5.74, 6) is -0.163. The van der Waals surface area contributed by atoms with Crippen molar-refractivity contribution in [3.63, 3.8) is 0 Å². The van der Waals surface area contributed by atoms with Gasteiger partial charge in [-0.25, -0.2) is 0 Å². The molecule has 1 aliphatic heterocycles. The van der Waals surface area contributed by atoms with Gasteiger partial charge in [-0.15, -0.1) is 0 Å². The number of benzene rings is 1. The highest BCUT2D eigenvalue weighted by molar-refractivity contribution is 6.21. The second kappa shape index (κ2) is 4.50. The zero-order valence-electron chi connectivity index (χ0n) is 10.7. The van der Waals surface area contributed by atoms with E-state index in [1.807, 2.05) is 36.4 Å². The minimum Gasteiger partial charge on any atom is -0.457 e. The Bertz CT molecular complexity index is 623. The Morgan fingerprint density at radius 1 is 1.21 bits per heavy atom. The van der Waals surface area contributed by atoms with E-state index >= 15 is 0 Å². The number of fused-ring (bicyclic) bond motifs is 3. The number of carbonyl (C=O) groups excluding carboxylic acids is 2. The lowest BCUT2D eigenvalue weighted by atomic mass is 9.92. The van der Waals surface area contributed by atoms with Gasteiger partial charge in [-0.1, -0.05) is 36.4 Å². The monoisotopic (exact) mass is 254 g/mol. The van der Waals surface area contributed by atoms with Crippen LogP contribution >= 0.6 is 0 Å². The second-order valence-electron chi connectivity index (χ2n) is 4.80. The summed E-state index contributed by atoms with van der Waals surface area (Å²) >= 11 is 0. The van der Waals surface area contributed by atoms with Crippen molar-refractivity contribution >= 4 is 22.9 Å². The molecule has 0 aromatic heterocycles. The lowest BCUT2D eigenvalue weighted by molar-refractivity contribution is -0.146. The minimum atomic E-state index is -0.265. The summed E-state index contributed by atoms with van der Waals surface area (Å²) in [6.07, 6.45) is 4.40. The zero-order chi connectivity index (χ0) is 13.4. The van der Waals surface area contributed by atoms with Crippen LogP contribution in [-0.2, 0) is 14.3 Å². The number of ether oxygens (including phenoxy) is 1. The third kappa shape index (κ3) is 2.01. The molecule has 1 unspecified atom stereocenters. The molecule has 1 aliphatic carbocycles. The van der Waals surface area contributed by atoms with Gasteiger partial charge in [0.25, 0.3) is 0 Å². The molecule has 0 fully saturated rings. The van der Waals surface area contributed by atoms with E-state index in [1.165, 1.54) is 0 Å². The Hall–Kier alpha value is -2.16. The molecule has 1 aromatic carbocycles. The van der Waals surface area contributed by atoms with Crippen molar-refractivity contribution in [2.45, 2.75) is 25.9 Å². The Balaban J connectivity index is 2.19. The first-order chi connectivity index (χ1) is 9.16. The Morgan fingerprint density at radius 2 is 1.95 bits per heavy atom.